The van der Waals surface area contributed by atoms with Crippen LogP contribution in [0.15, 0.2) is 36.4 Å². The summed E-state index contributed by atoms with van der Waals surface area (Å²) in [5.74, 6) is -3.00. The van der Waals surface area contributed by atoms with E-state index < -0.39 is 48.6 Å². The number of hydrogen-bond acceptors (Lipinski definition) is 6. The van der Waals surface area contributed by atoms with E-state index in [-0.39, 0.29) is 12.8 Å². The van der Waals surface area contributed by atoms with Crippen LogP contribution in [0.4, 0.5) is 13.6 Å². The van der Waals surface area contributed by atoms with Gasteiger partial charge in [0.1, 0.15) is 16.9 Å². The summed E-state index contributed by atoms with van der Waals surface area (Å²) in [5, 5.41) is 2.57. The first-order valence-corrected chi connectivity index (χ1v) is 12.9. The van der Waals surface area contributed by atoms with Crippen molar-refractivity contribution < 1.29 is 23.2 Å². The molecule has 9 nitrogen and oxygen atoms in total. The highest BCUT2D eigenvalue weighted by Gasteiger charge is 2.55. The van der Waals surface area contributed by atoms with E-state index in [0.29, 0.717) is 12.1 Å². The lowest BCUT2D eigenvalue weighted by Gasteiger charge is -2.34. The van der Waals surface area contributed by atoms with Crippen LogP contribution in [0.5, 0.6) is 0 Å². The number of carbonyl (C=O) groups excluding carboxylic acids is 3. The number of hydrogen-bond donors (Lipinski definition) is 1. The Morgan fingerprint density at radius 3 is 2.37 bits per heavy atom. The lowest BCUT2D eigenvalue weighted by Crippen LogP contribution is -2.51. The molecule has 0 radical (unpaired) electrons. The monoisotopic (exact) mass is 522 g/mol. The molecule has 3 aliphatic rings. The van der Waals surface area contributed by atoms with Crippen LogP contribution < -0.4 is 5.32 Å². The van der Waals surface area contributed by atoms with Crippen molar-refractivity contribution in [1.29, 1.82) is 0 Å². The Morgan fingerprint density at radius 1 is 1.00 bits per heavy atom. The predicted molar refractivity (Wildman–Crippen MR) is 134 cm³/mol. The molecule has 2 saturated heterocycles. The minimum absolute atomic E-state index is 0.143. The van der Waals surface area contributed by atoms with Crippen molar-refractivity contribution >= 4 is 28.9 Å². The molecule has 198 valence electrons. The van der Waals surface area contributed by atoms with Gasteiger partial charge < -0.3 is 5.32 Å². The number of nitrogens with zero attached hydrogens (tertiary/aromatic N) is 5. The van der Waals surface area contributed by atoms with Gasteiger partial charge in [-0.3, -0.25) is 24.0 Å². The van der Waals surface area contributed by atoms with Crippen LogP contribution in [0.3, 0.4) is 0 Å². The molecule has 2 aliphatic heterocycles. The quantitative estimate of drug-likeness (QED) is 0.392. The maximum absolute atomic E-state index is 13.6. The van der Waals surface area contributed by atoms with Crippen molar-refractivity contribution in [2.45, 2.75) is 57.0 Å². The number of fused-ring (bicyclic) bond motifs is 1. The molecule has 11 heteroatoms. The van der Waals surface area contributed by atoms with Crippen LogP contribution in [-0.2, 0) is 11.3 Å². The summed E-state index contributed by atoms with van der Waals surface area (Å²) < 4.78 is 29.3. The number of alkyl halides is 2. The molecule has 2 aromatic heterocycles. The Labute approximate surface area is 217 Å². The van der Waals surface area contributed by atoms with E-state index >= 15 is 0 Å². The second-order valence-electron chi connectivity index (χ2n) is 10.5. The maximum Gasteiger partial charge on any atom is 0.325 e. The zero-order valence-corrected chi connectivity index (χ0v) is 21.0. The highest BCUT2D eigenvalue weighted by atomic mass is 19.3. The van der Waals surface area contributed by atoms with Crippen LogP contribution in [0.2, 0.25) is 0 Å². The van der Waals surface area contributed by atoms with Crippen LogP contribution in [0.25, 0.3) is 16.9 Å². The van der Waals surface area contributed by atoms with Crippen molar-refractivity contribution in [2.75, 3.05) is 19.6 Å². The summed E-state index contributed by atoms with van der Waals surface area (Å²) in [4.78, 5) is 51.2. The lowest BCUT2D eigenvalue weighted by atomic mass is 9.80. The van der Waals surface area contributed by atoms with E-state index in [1.807, 2.05) is 23.6 Å². The van der Waals surface area contributed by atoms with Crippen molar-refractivity contribution in [2.24, 2.45) is 0 Å². The topological polar surface area (TPSA) is 100 Å². The fourth-order valence-corrected chi connectivity index (χ4v) is 5.45. The van der Waals surface area contributed by atoms with Crippen molar-refractivity contribution in [1.82, 2.24) is 29.7 Å². The van der Waals surface area contributed by atoms with E-state index in [4.69, 9.17) is 9.97 Å². The zero-order valence-electron chi connectivity index (χ0n) is 21.0. The van der Waals surface area contributed by atoms with Gasteiger partial charge in [-0.2, -0.15) is 0 Å². The molecule has 3 fully saturated rings. The van der Waals surface area contributed by atoms with Crippen molar-refractivity contribution in [3.05, 3.63) is 53.5 Å². The molecule has 1 N–H and O–H groups in total. The average Bonchev–Trinajstić information content (AvgIpc) is 3.33. The Hall–Kier alpha value is -3.73. The summed E-state index contributed by atoms with van der Waals surface area (Å²) in [7, 11) is 0. The third-order valence-corrected chi connectivity index (χ3v) is 7.86. The molecule has 6 rings (SSSR count). The first-order chi connectivity index (χ1) is 18.1. The highest BCUT2D eigenvalue weighted by molar-refractivity contribution is 6.11. The van der Waals surface area contributed by atoms with E-state index in [2.05, 4.69) is 10.2 Å². The number of ketones is 1. The number of carbonyl (C=O) groups is 3. The first kappa shape index (κ1) is 24.6. The third-order valence-electron chi connectivity index (χ3n) is 7.86. The Morgan fingerprint density at radius 2 is 1.71 bits per heavy atom. The minimum Gasteiger partial charge on any atom is -0.323 e. The molecular formula is C27H28F2N6O3. The standard InChI is InChI=1S/C27H28F2N6O3/c1-17-3-8-20-23(30-17)35(22(31-20)16-33-13-2-14-33)19-6-4-18(5-7-19)21(36)15-34-24(37)26(32-25(34)38)9-11-27(28,29)12-10-26/h3-8H,2,9-16H2,1H3,(H,32,38). The zero-order chi connectivity index (χ0) is 26.7. The van der Waals surface area contributed by atoms with Crippen molar-refractivity contribution in [3.8, 4) is 5.69 Å². The largest absolute Gasteiger partial charge is 0.325 e. The van der Waals surface area contributed by atoms with Crippen LogP contribution in [-0.4, -0.2) is 73.2 Å². The number of benzene rings is 1. The summed E-state index contributed by atoms with van der Waals surface area (Å²) in [6.45, 7) is 4.21. The molecular weight excluding hydrogens is 494 g/mol. The molecule has 0 atom stereocenters. The molecule has 3 amide bonds. The van der Waals surface area contributed by atoms with Gasteiger partial charge in [-0.05, 0) is 75.7 Å². The van der Waals surface area contributed by atoms with Crippen molar-refractivity contribution in [3.63, 3.8) is 0 Å². The number of nitrogens with one attached hydrogen (secondary N) is 1. The molecule has 1 spiro atoms. The van der Waals surface area contributed by atoms with Crippen LogP contribution >= 0.6 is 0 Å². The SMILES string of the molecule is Cc1ccc2nc(CN3CCC3)n(-c3ccc(C(=O)CN4C(=O)NC5(CCC(F)(F)CC5)C4=O)cc3)c2n1. The summed E-state index contributed by atoms with van der Waals surface area (Å²) in [6.07, 6.45) is -0.0651. The minimum atomic E-state index is -2.84. The van der Waals surface area contributed by atoms with Gasteiger partial charge in [0.05, 0.1) is 13.1 Å². The number of imide groups is 1. The van der Waals surface area contributed by atoms with Gasteiger partial charge in [0, 0.05) is 29.8 Å². The molecule has 38 heavy (non-hydrogen) atoms. The maximum atomic E-state index is 13.6. The number of Topliss-reactive ketones (excluding diaryl/α,β-unsaturated/α-hetero) is 1. The molecule has 4 heterocycles. The fraction of sp³-hybridized carbons (Fsp3) is 0.444. The van der Waals surface area contributed by atoms with Gasteiger partial charge in [0.25, 0.3) is 5.91 Å². The number of pyridine rings is 1. The number of halogens is 2. The Balaban J connectivity index is 1.22. The van der Waals surface area contributed by atoms with Gasteiger partial charge in [0.15, 0.2) is 11.4 Å². The van der Waals surface area contributed by atoms with Gasteiger partial charge in [0.2, 0.25) is 5.92 Å². The average molecular weight is 523 g/mol. The highest BCUT2D eigenvalue weighted by Crippen LogP contribution is 2.41. The molecule has 0 bridgehead atoms. The number of amides is 3. The summed E-state index contributed by atoms with van der Waals surface area (Å²) in [5.41, 5.74) is 2.19. The molecule has 1 aromatic carbocycles. The second-order valence-corrected chi connectivity index (χ2v) is 10.5. The fourth-order valence-electron chi connectivity index (χ4n) is 5.45. The number of rotatable bonds is 6. The Bertz CT molecular complexity index is 1440. The summed E-state index contributed by atoms with van der Waals surface area (Å²) in [6, 6.07) is 10.1. The van der Waals surface area contributed by atoms with Gasteiger partial charge in [-0.1, -0.05) is 0 Å². The molecule has 3 aromatic rings. The molecule has 0 unspecified atom stereocenters. The van der Waals surface area contributed by atoms with Gasteiger partial charge in [-0.25, -0.2) is 23.5 Å². The lowest BCUT2D eigenvalue weighted by molar-refractivity contribution is -0.135. The first-order valence-electron chi connectivity index (χ1n) is 12.9. The molecule has 1 aliphatic carbocycles. The Kier molecular flexibility index (Phi) is 5.78. The number of likely N-dealkylation sites (tertiary alicyclic amines) is 1. The predicted octanol–water partition coefficient (Wildman–Crippen LogP) is 3.62. The third kappa shape index (κ3) is 4.24. The smallest absolute Gasteiger partial charge is 0.323 e. The number of aromatic nitrogens is 3. The number of aryl methyl sites for hydroxylation is 1. The normalized spacial score (nSPS) is 20.7. The van der Waals surface area contributed by atoms with E-state index in [0.717, 1.165) is 46.4 Å². The van der Waals surface area contributed by atoms with E-state index in [1.54, 1.807) is 24.3 Å². The van der Waals surface area contributed by atoms with Gasteiger partial charge in [-0.15, -0.1) is 0 Å². The molecule has 1 saturated carbocycles. The van der Waals surface area contributed by atoms with E-state index in [9.17, 15) is 23.2 Å². The summed E-state index contributed by atoms with van der Waals surface area (Å²) >= 11 is 0. The van der Waals surface area contributed by atoms with E-state index in [1.165, 1.54) is 6.42 Å². The van der Waals surface area contributed by atoms with Crippen LogP contribution in [0, 0.1) is 6.92 Å². The van der Waals surface area contributed by atoms with Gasteiger partial charge >= 0.3 is 6.03 Å². The number of urea groups is 1. The second kappa shape index (κ2) is 8.93. The van der Waals surface area contributed by atoms with Crippen LogP contribution in [0.1, 0.15) is 54.0 Å². The number of imidazole rings is 1.